The van der Waals surface area contributed by atoms with E-state index in [0.717, 1.165) is 19.6 Å². The second-order valence-electron chi connectivity index (χ2n) is 5.53. The van der Waals surface area contributed by atoms with E-state index >= 15 is 0 Å². The van der Waals surface area contributed by atoms with Crippen LogP contribution < -0.4 is 5.32 Å². The van der Waals surface area contributed by atoms with Gasteiger partial charge in [-0.3, -0.25) is 9.58 Å². The van der Waals surface area contributed by atoms with Crippen LogP contribution in [0.25, 0.3) is 0 Å². The molecule has 1 aliphatic heterocycles. The molecule has 1 aliphatic rings. The summed E-state index contributed by atoms with van der Waals surface area (Å²) in [6, 6.07) is 2.69. The van der Waals surface area contributed by atoms with Crippen molar-refractivity contribution in [2.45, 2.75) is 45.3 Å². The number of nitrogens with zero attached hydrogens (tertiary/aromatic N) is 3. The Morgan fingerprint density at radius 3 is 2.94 bits per heavy atom. The highest BCUT2D eigenvalue weighted by Crippen LogP contribution is 2.20. The summed E-state index contributed by atoms with van der Waals surface area (Å²) in [5, 5.41) is 8.12. The lowest BCUT2D eigenvalue weighted by Gasteiger charge is -2.44. The number of hydrogen-bond acceptors (Lipinski definition) is 3. The minimum atomic E-state index is 0.251. The van der Waals surface area contributed by atoms with Crippen LogP contribution in [-0.2, 0) is 13.6 Å². The van der Waals surface area contributed by atoms with Gasteiger partial charge in [0.2, 0.25) is 0 Å². The highest BCUT2D eigenvalue weighted by Gasteiger charge is 2.32. The van der Waals surface area contributed by atoms with Crippen LogP contribution in [0.3, 0.4) is 0 Å². The van der Waals surface area contributed by atoms with Crippen LogP contribution in [0.5, 0.6) is 0 Å². The van der Waals surface area contributed by atoms with Crippen molar-refractivity contribution in [1.82, 2.24) is 20.0 Å². The van der Waals surface area contributed by atoms with E-state index in [-0.39, 0.29) is 5.54 Å². The molecule has 0 spiro atoms. The molecular formula is C13H24N4. The second-order valence-corrected chi connectivity index (χ2v) is 5.53. The van der Waals surface area contributed by atoms with E-state index in [1.807, 2.05) is 17.9 Å². The predicted octanol–water partition coefficient (Wildman–Crippen LogP) is 1.38. The van der Waals surface area contributed by atoms with Crippen LogP contribution in [0.4, 0.5) is 0 Å². The summed E-state index contributed by atoms with van der Waals surface area (Å²) in [6.45, 7) is 9.97. The van der Waals surface area contributed by atoms with Gasteiger partial charge in [-0.05, 0) is 26.3 Å². The summed E-state index contributed by atoms with van der Waals surface area (Å²) in [4.78, 5) is 2.53. The third kappa shape index (κ3) is 2.87. The Morgan fingerprint density at radius 1 is 1.59 bits per heavy atom. The van der Waals surface area contributed by atoms with Crippen molar-refractivity contribution in [3.63, 3.8) is 0 Å². The maximum atomic E-state index is 4.47. The summed E-state index contributed by atoms with van der Waals surface area (Å²) in [6.07, 6.45) is 3.18. The van der Waals surface area contributed by atoms with Gasteiger partial charge in [0, 0.05) is 44.5 Å². The van der Waals surface area contributed by atoms with Crippen molar-refractivity contribution in [3.05, 3.63) is 18.0 Å². The van der Waals surface area contributed by atoms with E-state index in [1.54, 1.807) is 0 Å². The van der Waals surface area contributed by atoms with E-state index in [1.165, 1.54) is 12.1 Å². The molecular weight excluding hydrogens is 212 g/mol. The van der Waals surface area contributed by atoms with Gasteiger partial charge in [-0.1, -0.05) is 6.92 Å². The van der Waals surface area contributed by atoms with E-state index < -0.39 is 0 Å². The van der Waals surface area contributed by atoms with Gasteiger partial charge >= 0.3 is 0 Å². The second kappa shape index (κ2) is 4.78. The zero-order chi connectivity index (χ0) is 12.5. The number of piperazine rings is 1. The maximum Gasteiger partial charge on any atom is 0.0764 e. The van der Waals surface area contributed by atoms with Gasteiger partial charge in [-0.2, -0.15) is 5.10 Å². The summed E-state index contributed by atoms with van der Waals surface area (Å²) in [5.41, 5.74) is 1.42. The number of aromatic nitrogens is 2. The van der Waals surface area contributed by atoms with E-state index in [2.05, 4.69) is 42.2 Å². The smallest absolute Gasteiger partial charge is 0.0764 e. The lowest BCUT2D eigenvalue weighted by molar-refractivity contribution is 0.0853. The van der Waals surface area contributed by atoms with Crippen molar-refractivity contribution in [2.75, 3.05) is 13.1 Å². The van der Waals surface area contributed by atoms with Gasteiger partial charge < -0.3 is 5.32 Å². The molecule has 0 aliphatic carbocycles. The lowest BCUT2D eigenvalue weighted by Crippen LogP contribution is -2.61. The van der Waals surface area contributed by atoms with Crippen LogP contribution >= 0.6 is 0 Å². The third-order valence-corrected chi connectivity index (χ3v) is 3.91. The molecule has 2 atom stereocenters. The van der Waals surface area contributed by atoms with Crippen molar-refractivity contribution in [3.8, 4) is 0 Å². The van der Waals surface area contributed by atoms with Crippen molar-refractivity contribution in [1.29, 1.82) is 0 Å². The largest absolute Gasteiger partial charge is 0.309 e. The number of hydrogen-bond donors (Lipinski definition) is 1. The van der Waals surface area contributed by atoms with E-state index in [0.29, 0.717) is 6.04 Å². The molecule has 1 aromatic heterocycles. The molecule has 4 heteroatoms. The molecule has 2 rings (SSSR count). The van der Waals surface area contributed by atoms with E-state index in [4.69, 9.17) is 0 Å². The zero-order valence-electron chi connectivity index (χ0n) is 11.4. The van der Waals surface area contributed by atoms with Crippen molar-refractivity contribution < 1.29 is 0 Å². The molecule has 0 amide bonds. The molecule has 0 saturated carbocycles. The molecule has 2 heterocycles. The van der Waals surface area contributed by atoms with Gasteiger partial charge in [-0.25, -0.2) is 0 Å². The first-order valence-electron chi connectivity index (χ1n) is 6.50. The molecule has 0 aromatic carbocycles. The molecule has 2 unspecified atom stereocenters. The van der Waals surface area contributed by atoms with Crippen LogP contribution in [-0.4, -0.2) is 39.4 Å². The molecule has 0 radical (unpaired) electrons. The quantitative estimate of drug-likeness (QED) is 0.861. The third-order valence-electron chi connectivity index (χ3n) is 3.91. The Bertz CT molecular complexity index is 373. The molecule has 0 bridgehead atoms. The predicted molar refractivity (Wildman–Crippen MR) is 69.8 cm³/mol. The van der Waals surface area contributed by atoms with Crippen LogP contribution in [0.2, 0.25) is 0 Å². The van der Waals surface area contributed by atoms with E-state index in [9.17, 15) is 0 Å². The average Bonchev–Trinajstić information content (AvgIpc) is 2.70. The highest BCUT2D eigenvalue weighted by molar-refractivity contribution is 5.01. The maximum absolute atomic E-state index is 4.47. The van der Waals surface area contributed by atoms with Gasteiger partial charge in [0.25, 0.3) is 0 Å². The summed E-state index contributed by atoms with van der Waals surface area (Å²) in [7, 11) is 1.97. The minimum absolute atomic E-state index is 0.251. The van der Waals surface area contributed by atoms with Crippen LogP contribution in [0.1, 0.15) is 32.9 Å². The van der Waals surface area contributed by atoms with Crippen LogP contribution in [0, 0.1) is 0 Å². The molecule has 1 saturated heterocycles. The summed E-state index contributed by atoms with van der Waals surface area (Å²) >= 11 is 0. The Balaban J connectivity index is 2.03. The molecule has 1 aromatic rings. The number of rotatable bonds is 3. The monoisotopic (exact) mass is 236 g/mol. The number of nitrogens with one attached hydrogen (secondary N) is 1. The molecule has 96 valence electrons. The van der Waals surface area contributed by atoms with Gasteiger partial charge in [-0.15, -0.1) is 0 Å². The Kier molecular flexibility index (Phi) is 3.54. The normalized spacial score (nSPS) is 30.7. The number of aryl methyl sites for hydroxylation is 1. The Labute approximate surface area is 104 Å². The van der Waals surface area contributed by atoms with Crippen molar-refractivity contribution >= 4 is 0 Å². The van der Waals surface area contributed by atoms with Gasteiger partial charge in [0.05, 0.1) is 5.69 Å². The topological polar surface area (TPSA) is 33.1 Å². The highest BCUT2D eigenvalue weighted by atomic mass is 15.3. The lowest BCUT2D eigenvalue weighted by atomic mass is 9.94. The standard InChI is InChI=1S/C13H24N4/c1-5-13(3)10-17(11(2)8-14-13)9-12-6-7-16(4)15-12/h6-7,11,14H,5,8-10H2,1-4H3. The van der Waals surface area contributed by atoms with Gasteiger partial charge in [0.1, 0.15) is 0 Å². The molecule has 17 heavy (non-hydrogen) atoms. The fourth-order valence-corrected chi connectivity index (χ4v) is 2.39. The minimum Gasteiger partial charge on any atom is -0.309 e. The molecule has 1 N–H and O–H groups in total. The molecule has 1 fully saturated rings. The first-order chi connectivity index (χ1) is 8.02. The average molecular weight is 236 g/mol. The summed E-state index contributed by atoms with van der Waals surface area (Å²) in [5.74, 6) is 0. The SMILES string of the molecule is CCC1(C)CN(Cc2ccn(C)n2)C(C)CN1. The van der Waals surface area contributed by atoms with Gasteiger partial charge in [0.15, 0.2) is 0 Å². The Morgan fingerprint density at radius 2 is 2.35 bits per heavy atom. The first-order valence-corrected chi connectivity index (χ1v) is 6.50. The Hall–Kier alpha value is -0.870. The fourth-order valence-electron chi connectivity index (χ4n) is 2.39. The fraction of sp³-hybridized carbons (Fsp3) is 0.769. The van der Waals surface area contributed by atoms with Crippen molar-refractivity contribution in [2.24, 2.45) is 7.05 Å². The zero-order valence-corrected chi connectivity index (χ0v) is 11.4. The summed E-state index contributed by atoms with van der Waals surface area (Å²) < 4.78 is 1.88. The van der Waals surface area contributed by atoms with Crippen LogP contribution in [0.15, 0.2) is 12.3 Å². The first kappa shape index (κ1) is 12.6. The molecule has 4 nitrogen and oxygen atoms in total.